The van der Waals surface area contributed by atoms with Crippen molar-refractivity contribution in [3.8, 4) is 0 Å². The molecule has 3 heterocycles. The molecule has 5 heteroatoms. The van der Waals surface area contributed by atoms with Crippen LogP contribution >= 0.6 is 0 Å². The number of rotatable bonds is 1. The van der Waals surface area contributed by atoms with Gasteiger partial charge in [0.1, 0.15) is 5.52 Å². The third-order valence-electron chi connectivity index (χ3n) is 5.13. The molecule has 0 unspecified atom stereocenters. The Hall–Kier alpha value is -2.04. The van der Waals surface area contributed by atoms with Crippen molar-refractivity contribution in [3.63, 3.8) is 0 Å². The largest absolute Gasteiger partial charge is 0.357 e. The molecule has 3 rings (SSSR count). The summed E-state index contributed by atoms with van der Waals surface area (Å²) in [6, 6.07) is 1.81. The molecule has 1 aliphatic rings. The zero-order chi connectivity index (χ0) is 16.8. The first-order chi connectivity index (χ1) is 10.8. The lowest BCUT2D eigenvalue weighted by atomic mass is 9.75. The van der Waals surface area contributed by atoms with Crippen LogP contribution in [0.25, 0.3) is 10.9 Å². The third kappa shape index (κ3) is 2.80. The lowest BCUT2D eigenvalue weighted by Gasteiger charge is -2.38. The third-order valence-corrected chi connectivity index (χ3v) is 5.13. The number of likely N-dealkylation sites (tertiary alicyclic amines) is 1. The lowest BCUT2D eigenvalue weighted by molar-refractivity contribution is 0.0610. The minimum absolute atomic E-state index is 0.0255. The van der Waals surface area contributed by atoms with Crippen molar-refractivity contribution >= 4 is 16.8 Å². The highest BCUT2D eigenvalue weighted by molar-refractivity contribution is 6.05. The van der Waals surface area contributed by atoms with Crippen LogP contribution in [0.15, 0.2) is 23.3 Å². The van der Waals surface area contributed by atoms with E-state index >= 15 is 0 Å². The SMILES string of the molecule is Cn1cc(C(=O)N2CCC(C(C)(C)C)CC2)c2cc[nH]c2c1=O. The van der Waals surface area contributed by atoms with Crippen molar-refractivity contribution in [2.24, 2.45) is 18.4 Å². The maximum Gasteiger partial charge on any atom is 0.274 e. The summed E-state index contributed by atoms with van der Waals surface area (Å²) in [5, 5.41) is 0.719. The molecule has 1 saturated heterocycles. The van der Waals surface area contributed by atoms with Gasteiger partial charge in [-0.05, 0) is 30.2 Å². The van der Waals surface area contributed by atoms with Gasteiger partial charge in [-0.2, -0.15) is 0 Å². The quantitative estimate of drug-likeness (QED) is 0.879. The van der Waals surface area contributed by atoms with E-state index in [0.29, 0.717) is 22.4 Å². The zero-order valence-electron chi connectivity index (χ0n) is 14.3. The van der Waals surface area contributed by atoms with Gasteiger partial charge in [-0.25, -0.2) is 0 Å². The van der Waals surface area contributed by atoms with E-state index < -0.39 is 0 Å². The van der Waals surface area contributed by atoms with Crippen molar-refractivity contribution in [3.05, 3.63) is 34.4 Å². The average molecular weight is 315 g/mol. The first-order valence-corrected chi connectivity index (χ1v) is 8.25. The number of H-pyrrole nitrogens is 1. The van der Waals surface area contributed by atoms with E-state index in [-0.39, 0.29) is 11.5 Å². The number of aromatic nitrogens is 2. The highest BCUT2D eigenvalue weighted by Gasteiger charge is 2.31. The smallest absolute Gasteiger partial charge is 0.274 e. The second-order valence-corrected chi connectivity index (χ2v) is 7.66. The Labute approximate surface area is 136 Å². The van der Waals surface area contributed by atoms with E-state index in [4.69, 9.17) is 0 Å². The summed E-state index contributed by atoms with van der Waals surface area (Å²) in [5.41, 5.74) is 1.30. The second kappa shape index (κ2) is 5.55. The molecule has 5 nitrogen and oxygen atoms in total. The van der Waals surface area contributed by atoms with E-state index in [1.165, 1.54) is 4.57 Å². The fourth-order valence-electron chi connectivity index (χ4n) is 3.56. The van der Waals surface area contributed by atoms with Crippen LogP contribution in [0.5, 0.6) is 0 Å². The fraction of sp³-hybridized carbons (Fsp3) is 0.556. The molecule has 0 atom stereocenters. The van der Waals surface area contributed by atoms with Crippen LogP contribution in [0, 0.1) is 11.3 Å². The Morgan fingerprint density at radius 2 is 1.91 bits per heavy atom. The second-order valence-electron chi connectivity index (χ2n) is 7.66. The number of nitrogens with zero attached hydrogens (tertiary/aromatic N) is 2. The fourth-order valence-corrected chi connectivity index (χ4v) is 3.56. The monoisotopic (exact) mass is 315 g/mol. The molecule has 0 spiro atoms. The van der Waals surface area contributed by atoms with Gasteiger partial charge < -0.3 is 14.5 Å². The number of hydrogen-bond acceptors (Lipinski definition) is 2. The Balaban J connectivity index is 1.87. The first-order valence-electron chi connectivity index (χ1n) is 8.25. The summed E-state index contributed by atoms with van der Waals surface area (Å²) in [6.07, 6.45) is 5.46. The molecule has 1 N–H and O–H groups in total. The molecular formula is C18H25N3O2. The molecule has 124 valence electrons. The van der Waals surface area contributed by atoms with Gasteiger partial charge in [0.15, 0.2) is 0 Å². The summed E-state index contributed by atoms with van der Waals surface area (Å²) < 4.78 is 1.48. The minimum Gasteiger partial charge on any atom is -0.357 e. The van der Waals surface area contributed by atoms with Crippen LogP contribution in [0.1, 0.15) is 44.0 Å². The summed E-state index contributed by atoms with van der Waals surface area (Å²) in [7, 11) is 1.69. The van der Waals surface area contributed by atoms with Crippen LogP contribution in [-0.2, 0) is 7.05 Å². The Morgan fingerprint density at radius 1 is 1.26 bits per heavy atom. The number of aromatic amines is 1. The van der Waals surface area contributed by atoms with Crippen LogP contribution < -0.4 is 5.56 Å². The van der Waals surface area contributed by atoms with Gasteiger partial charge >= 0.3 is 0 Å². The van der Waals surface area contributed by atoms with E-state index in [9.17, 15) is 9.59 Å². The number of amides is 1. The Bertz CT molecular complexity index is 787. The molecule has 23 heavy (non-hydrogen) atoms. The van der Waals surface area contributed by atoms with E-state index in [0.717, 1.165) is 31.3 Å². The Morgan fingerprint density at radius 3 is 2.52 bits per heavy atom. The molecule has 2 aromatic heterocycles. The average Bonchev–Trinajstić information content (AvgIpc) is 2.99. The molecule has 0 aliphatic carbocycles. The highest BCUT2D eigenvalue weighted by atomic mass is 16.2. The van der Waals surface area contributed by atoms with Crippen molar-refractivity contribution in [2.75, 3.05) is 13.1 Å². The molecular weight excluding hydrogens is 290 g/mol. The number of fused-ring (bicyclic) bond motifs is 1. The number of hydrogen-bond donors (Lipinski definition) is 1. The van der Waals surface area contributed by atoms with Crippen LogP contribution in [0.3, 0.4) is 0 Å². The number of carbonyl (C=O) groups is 1. The molecule has 1 aliphatic heterocycles. The molecule has 0 bridgehead atoms. The summed E-state index contributed by atoms with van der Waals surface area (Å²) in [6.45, 7) is 8.38. The normalized spacial score (nSPS) is 17.0. The minimum atomic E-state index is -0.104. The number of nitrogens with one attached hydrogen (secondary N) is 1. The van der Waals surface area contributed by atoms with Crippen molar-refractivity contribution in [1.29, 1.82) is 0 Å². The van der Waals surface area contributed by atoms with Gasteiger partial charge in [-0.15, -0.1) is 0 Å². The summed E-state index contributed by atoms with van der Waals surface area (Å²) in [4.78, 5) is 29.9. The standard InChI is InChI=1S/C18H25N3O2/c1-18(2,3)12-6-9-21(10-7-12)16(22)14-11-20(4)17(23)15-13(14)5-8-19-15/h5,8,11-12,19H,6-7,9-10H2,1-4H3. The van der Waals surface area contributed by atoms with Gasteiger partial charge in [-0.3, -0.25) is 9.59 Å². The molecule has 0 radical (unpaired) electrons. The molecule has 1 amide bonds. The number of piperidine rings is 1. The van der Waals surface area contributed by atoms with E-state index in [2.05, 4.69) is 25.8 Å². The predicted molar refractivity (Wildman–Crippen MR) is 91.6 cm³/mol. The maximum absolute atomic E-state index is 12.9. The molecule has 2 aromatic rings. The van der Waals surface area contributed by atoms with Crippen molar-refractivity contribution < 1.29 is 4.79 Å². The van der Waals surface area contributed by atoms with Gasteiger partial charge in [0.25, 0.3) is 11.5 Å². The zero-order valence-corrected chi connectivity index (χ0v) is 14.3. The molecule has 0 aromatic carbocycles. The molecule has 1 fully saturated rings. The summed E-state index contributed by atoms with van der Waals surface area (Å²) >= 11 is 0. The van der Waals surface area contributed by atoms with Gasteiger partial charge in [-0.1, -0.05) is 20.8 Å². The topological polar surface area (TPSA) is 58.1 Å². The summed E-state index contributed by atoms with van der Waals surface area (Å²) in [5.74, 6) is 0.677. The number of pyridine rings is 1. The number of carbonyl (C=O) groups excluding carboxylic acids is 1. The van der Waals surface area contributed by atoms with Gasteiger partial charge in [0.2, 0.25) is 0 Å². The predicted octanol–water partition coefficient (Wildman–Crippen LogP) is 2.76. The highest BCUT2D eigenvalue weighted by Crippen LogP contribution is 2.34. The van der Waals surface area contributed by atoms with Crippen LogP contribution in [0.2, 0.25) is 0 Å². The maximum atomic E-state index is 12.9. The molecule has 0 saturated carbocycles. The van der Waals surface area contributed by atoms with Crippen molar-refractivity contribution in [1.82, 2.24) is 14.5 Å². The van der Waals surface area contributed by atoms with Gasteiger partial charge in [0, 0.05) is 37.9 Å². The first kappa shape index (κ1) is 15.8. The lowest BCUT2D eigenvalue weighted by Crippen LogP contribution is -2.41. The van der Waals surface area contributed by atoms with Gasteiger partial charge in [0.05, 0.1) is 5.56 Å². The van der Waals surface area contributed by atoms with Crippen LogP contribution in [-0.4, -0.2) is 33.4 Å². The van der Waals surface area contributed by atoms with E-state index in [1.807, 2.05) is 11.0 Å². The number of aryl methyl sites for hydroxylation is 1. The Kier molecular flexibility index (Phi) is 3.82. The van der Waals surface area contributed by atoms with Crippen LogP contribution in [0.4, 0.5) is 0 Å². The van der Waals surface area contributed by atoms with E-state index in [1.54, 1.807) is 19.4 Å². The van der Waals surface area contributed by atoms with Crippen molar-refractivity contribution in [2.45, 2.75) is 33.6 Å².